The molecule has 1 heterocycles. The Morgan fingerprint density at radius 2 is 2.13 bits per heavy atom. The van der Waals surface area contributed by atoms with Gasteiger partial charge in [0.2, 0.25) is 0 Å². The summed E-state index contributed by atoms with van der Waals surface area (Å²) in [5.74, 6) is 1.96. The van der Waals surface area contributed by atoms with Crippen LogP contribution in [0.5, 0.6) is 5.75 Å². The van der Waals surface area contributed by atoms with Crippen molar-refractivity contribution < 1.29 is 9.53 Å². The van der Waals surface area contributed by atoms with Crippen molar-refractivity contribution in [3.8, 4) is 5.75 Å². The lowest BCUT2D eigenvalue weighted by Gasteiger charge is -2.20. The number of ether oxygens (including phenoxy) is 1. The van der Waals surface area contributed by atoms with E-state index in [1.807, 2.05) is 19.9 Å². The molecule has 80 valence electrons. The van der Waals surface area contributed by atoms with Gasteiger partial charge in [0.15, 0.2) is 5.78 Å². The number of benzene rings is 1. The van der Waals surface area contributed by atoms with Crippen LogP contribution in [0.15, 0.2) is 11.0 Å². The molecule has 0 saturated carbocycles. The first kappa shape index (κ1) is 10.6. The monoisotopic (exact) mass is 222 g/mol. The van der Waals surface area contributed by atoms with Crippen LogP contribution in [0.2, 0.25) is 0 Å². The quantitative estimate of drug-likeness (QED) is 0.730. The number of rotatable bonds is 1. The first-order valence-corrected chi connectivity index (χ1v) is 5.98. The summed E-state index contributed by atoms with van der Waals surface area (Å²) in [6.45, 7) is 4.03. The highest BCUT2D eigenvalue weighted by Gasteiger charge is 2.24. The van der Waals surface area contributed by atoms with Crippen LogP contribution in [0.3, 0.4) is 0 Å². The molecule has 1 aliphatic heterocycles. The van der Waals surface area contributed by atoms with Gasteiger partial charge in [0, 0.05) is 17.7 Å². The smallest absolute Gasteiger partial charge is 0.165 e. The SMILES string of the molecule is COc1cc(C)c(C)c2c1SCCC2=O. The number of carbonyl (C=O) groups excluding carboxylic acids is 1. The minimum Gasteiger partial charge on any atom is -0.496 e. The number of thioether (sulfide) groups is 1. The predicted molar refractivity (Wildman–Crippen MR) is 62.1 cm³/mol. The van der Waals surface area contributed by atoms with Gasteiger partial charge in [-0.1, -0.05) is 0 Å². The molecule has 1 aromatic rings. The van der Waals surface area contributed by atoms with Crippen molar-refractivity contribution in [1.82, 2.24) is 0 Å². The molecule has 0 spiro atoms. The number of hydrogen-bond donors (Lipinski definition) is 0. The average molecular weight is 222 g/mol. The molecule has 15 heavy (non-hydrogen) atoms. The zero-order chi connectivity index (χ0) is 11.0. The molecular weight excluding hydrogens is 208 g/mol. The van der Waals surface area contributed by atoms with Crippen LogP contribution in [-0.2, 0) is 0 Å². The second-order valence-corrected chi connectivity index (χ2v) is 4.85. The van der Waals surface area contributed by atoms with Gasteiger partial charge in [-0.2, -0.15) is 0 Å². The summed E-state index contributed by atoms with van der Waals surface area (Å²) in [7, 11) is 1.66. The van der Waals surface area contributed by atoms with E-state index in [2.05, 4.69) is 0 Å². The Labute approximate surface area is 94.0 Å². The van der Waals surface area contributed by atoms with Gasteiger partial charge in [-0.05, 0) is 31.0 Å². The molecule has 0 bridgehead atoms. The number of fused-ring (bicyclic) bond motifs is 1. The lowest BCUT2D eigenvalue weighted by atomic mass is 9.98. The summed E-state index contributed by atoms with van der Waals surface area (Å²) >= 11 is 1.72. The van der Waals surface area contributed by atoms with Crippen LogP contribution in [0.4, 0.5) is 0 Å². The summed E-state index contributed by atoms with van der Waals surface area (Å²) in [4.78, 5) is 12.9. The van der Waals surface area contributed by atoms with Gasteiger partial charge in [0.25, 0.3) is 0 Å². The fraction of sp³-hybridized carbons (Fsp3) is 0.417. The van der Waals surface area contributed by atoms with E-state index in [9.17, 15) is 4.79 Å². The van der Waals surface area contributed by atoms with Crippen molar-refractivity contribution in [3.05, 3.63) is 22.8 Å². The first-order chi connectivity index (χ1) is 7.15. The molecule has 0 saturated heterocycles. The number of ketones is 1. The lowest BCUT2D eigenvalue weighted by Crippen LogP contribution is -2.12. The van der Waals surface area contributed by atoms with Gasteiger partial charge in [0.05, 0.1) is 12.0 Å². The molecule has 1 aromatic carbocycles. The molecule has 0 N–H and O–H groups in total. The van der Waals surface area contributed by atoms with Gasteiger partial charge >= 0.3 is 0 Å². The van der Waals surface area contributed by atoms with E-state index in [0.717, 1.165) is 33.1 Å². The molecule has 0 atom stereocenters. The summed E-state index contributed by atoms with van der Waals surface area (Å²) < 4.78 is 5.32. The van der Waals surface area contributed by atoms with Gasteiger partial charge in [-0.15, -0.1) is 11.8 Å². The summed E-state index contributed by atoms with van der Waals surface area (Å²) in [5, 5.41) is 0. The van der Waals surface area contributed by atoms with Crippen molar-refractivity contribution in [1.29, 1.82) is 0 Å². The Morgan fingerprint density at radius 3 is 2.80 bits per heavy atom. The van der Waals surface area contributed by atoms with Crippen LogP contribution in [0.25, 0.3) is 0 Å². The van der Waals surface area contributed by atoms with E-state index in [4.69, 9.17) is 4.74 Å². The molecule has 0 radical (unpaired) electrons. The normalized spacial score (nSPS) is 15.0. The average Bonchev–Trinajstić information content (AvgIpc) is 2.23. The lowest BCUT2D eigenvalue weighted by molar-refractivity contribution is 0.0983. The molecule has 0 fully saturated rings. The van der Waals surface area contributed by atoms with E-state index in [1.165, 1.54) is 0 Å². The molecular formula is C12H14O2S. The van der Waals surface area contributed by atoms with E-state index < -0.39 is 0 Å². The number of aryl methyl sites for hydroxylation is 1. The Balaban J connectivity index is 2.70. The molecule has 0 amide bonds. The number of Topliss-reactive ketones (excluding diaryl/α,β-unsaturated/α-hetero) is 1. The highest BCUT2D eigenvalue weighted by molar-refractivity contribution is 7.99. The van der Waals surface area contributed by atoms with Crippen molar-refractivity contribution >= 4 is 17.5 Å². The highest BCUT2D eigenvalue weighted by atomic mass is 32.2. The molecule has 1 aliphatic rings. The maximum absolute atomic E-state index is 11.9. The Hall–Kier alpha value is -0.960. The van der Waals surface area contributed by atoms with E-state index in [-0.39, 0.29) is 5.78 Å². The fourth-order valence-electron chi connectivity index (χ4n) is 1.86. The minimum absolute atomic E-state index is 0.253. The summed E-state index contributed by atoms with van der Waals surface area (Å²) in [6, 6.07) is 2.01. The summed E-state index contributed by atoms with van der Waals surface area (Å²) in [5.41, 5.74) is 3.10. The number of carbonyl (C=O) groups is 1. The summed E-state index contributed by atoms with van der Waals surface area (Å²) in [6.07, 6.45) is 0.644. The molecule has 2 nitrogen and oxygen atoms in total. The Bertz CT molecular complexity index is 424. The van der Waals surface area contributed by atoms with Crippen LogP contribution in [-0.4, -0.2) is 18.6 Å². The van der Waals surface area contributed by atoms with E-state index in [1.54, 1.807) is 18.9 Å². The molecule has 0 aliphatic carbocycles. The van der Waals surface area contributed by atoms with E-state index in [0.29, 0.717) is 6.42 Å². The van der Waals surface area contributed by atoms with Crippen LogP contribution < -0.4 is 4.74 Å². The third kappa shape index (κ3) is 1.65. The van der Waals surface area contributed by atoms with Gasteiger partial charge in [0.1, 0.15) is 5.75 Å². The second kappa shape index (κ2) is 3.89. The van der Waals surface area contributed by atoms with Gasteiger partial charge in [-0.3, -0.25) is 4.79 Å². The molecule has 0 aromatic heterocycles. The number of methoxy groups -OCH3 is 1. The third-order valence-electron chi connectivity index (χ3n) is 2.84. The zero-order valence-corrected chi connectivity index (χ0v) is 10.0. The fourth-order valence-corrected chi connectivity index (χ4v) is 3.05. The van der Waals surface area contributed by atoms with Crippen LogP contribution in [0.1, 0.15) is 27.9 Å². The first-order valence-electron chi connectivity index (χ1n) is 4.99. The molecule has 2 rings (SSSR count). The largest absolute Gasteiger partial charge is 0.496 e. The van der Waals surface area contributed by atoms with Gasteiger partial charge in [-0.25, -0.2) is 0 Å². The highest BCUT2D eigenvalue weighted by Crippen LogP contribution is 2.40. The van der Waals surface area contributed by atoms with Crippen LogP contribution in [0, 0.1) is 13.8 Å². The third-order valence-corrected chi connectivity index (χ3v) is 3.94. The second-order valence-electron chi connectivity index (χ2n) is 3.75. The van der Waals surface area contributed by atoms with Crippen molar-refractivity contribution in [2.24, 2.45) is 0 Å². The van der Waals surface area contributed by atoms with E-state index >= 15 is 0 Å². The topological polar surface area (TPSA) is 26.3 Å². The number of hydrogen-bond acceptors (Lipinski definition) is 3. The maximum atomic E-state index is 11.9. The molecule has 3 heteroatoms. The van der Waals surface area contributed by atoms with Crippen molar-refractivity contribution in [2.45, 2.75) is 25.2 Å². The molecule has 0 unspecified atom stereocenters. The van der Waals surface area contributed by atoms with Gasteiger partial charge < -0.3 is 4.74 Å². The Morgan fingerprint density at radius 1 is 1.40 bits per heavy atom. The predicted octanol–water partition coefficient (Wildman–Crippen LogP) is 2.99. The minimum atomic E-state index is 0.253. The van der Waals surface area contributed by atoms with Crippen LogP contribution >= 0.6 is 11.8 Å². The standard InChI is InChI=1S/C12H14O2S/c1-7-6-10(14-3)12-11(8(7)2)9(13)4-5-15-12/h6H,4-5H2,1-3H3. The maximum Gasteiger partial charge on any atom is 0.165 e. The van der Waals surface area contributed by atoms with Crippen molar-refractivity contribution in [3.63, 3.8) is 0 Å². The van der Waals surface area contributed by atoms with Crippen molar-refractivity contribution in [2.75, 3.05) is 12.9 Å². The zero-order valence-electron chi connectivity index (χ0n) is 9.22. The Kier molecular flexibility index (Phi) is 2.74.